The Labute approximate surface area is 99.9 Å². The van der Waals surface area contributed by atoms with Gasteiger partial charge in [-0.05, 0) is 31.9 Å². The number of imidazole rings is 1. The minimum atomic E-state index is 0.0607. The first-order chi connectivity index (χ1) is 8.25. The van der Waals surface area contributed by atoms with Crippen molar-refractivity contribution in [2.24, 2.45) is 0 Å². The Morgan fingerprint density at radius 1 is 1.29 bits per heavy atom. The van der Waals surface area contributed by atoms with Crippen LogP contribution in [0, 0.1) is 6.92 Å². The van der Waals surface area contributed by atoms with Crippen molar-refractivity contribution in [3.05, 3.63) is 35.8 Å². The fourth-order valence-electron chi connectivity index (χ4n) is 2.33. The fourth-order valence-corrected chi connectivity index (χ4v) is 2.33. The molecule has 0 aliphatic carbocycles. The monoisotopic (exact) mass is 229 g/mol. The van der Waals surface area contributed by atoms with E-state index < -0.39 is 0 Å². The van der Waals surface area contributed by atoms with Crippen LogP contribution in [0.1, 0.15) is 29.0 Å². The van der Waals surface area contributed by atoms with Crippen LogP contribution < -0.4 is 0 Å². The number of likely N-dealkylation sites (tertiary alicyclic amines) is 1. The maximum atomic E-state index is 12.2. The highest BCUT2D eigenvalue weighted by molar-refractivity contribution is 5.93. The summed E-state index contributed by atoms with van der Waals surface area (Å²) >= 11 is 0. The van der Waals surface area contributed by atoms with Crippen LogP contribution in [0.4, 0.5) is 0 Å². The van der Waals surface area contributed by atoms with Crippen molar-refractivity contribution in [3.8, 4) is 0 Å². The molecule has 4 heteroatoms. The van der Waals surface area contributed by atoms with Crippen molar-refractivity contribution in [1.82, 2.24) is 14.3 Å². The lowest BCUT2D eigenvalue weighted by atomic mass is 10.4. The molecule has 0 atom stereocenters. The Balaban J connectivity index is 2.00. The molecule has 0 N–H and O–H groups in total. The summed E-state index contributed by atoms with van der Waals surface area (Å²) in [5.74, 6) is 0.0607. The molecule has 1 aliphatic heterocycles. The van der Waals surface area contributed by atoms with Crippen LogP contribution in [-0.4, -0.2) is 33.3 Å². The summed E-state index contributed by atoms with van der Waals surface area (Å²) in [5, 5.41) is 0. The van der Waals surface area contributed by atoms with E-state index in [1.807, 2.05) is 40.6 Å². The molecular formula is C13H15N3O. The van der Waals surface area contributed by atoms with Gasteiger partial charge in [-0.15, -0.1) is 0 Å². The van der Waals surface area contributed by atoms with Crippen LogP contribution in [0.15, 0.2) is 24.4 Å². The Hall–Kier alpha value is -1.84. The van der Waals surface area contributed by atoms with Crippen LogP contribution in [-0.2, 0) is 0 Å². The number of aryl methyl sites for hydroxylation is 1. The van der Waals surface area contributed by atoms with Gasteiger partial charge in [0.05, 0.1) is 0 Å². The SMILES string of the molecule is Cc1cccc2nc(C(=O)N3CCCC3)cn12. The third-order valence-corrected chi connectivity index (χ3v) is 3.31. The minimum absolute atomic E-state index is 0.0607. The van der Waals surface area contributed by atoms with E-state index in [4.69, 9.17) is 0 Å². The van der Waals surface area contributed by atoms with Crippen LogP contribution in [0.2, 0.25) is 0 Å². The van der Waals surface area contributed by atoms with Gasteiger partial charge in [0.2, 0.25) is 0 Å². The van der Waals surface area contributed by atoms with Crippen molar-refractivity contribution in [2.75, 3.05) is 13.1 Å². The van der Waals surface area contributed by atoms with Crippen molar-refractivity contribution in [2.45, 2.75) is 19.8 Å². The van der Waals surface area contributed by atoms with Gasteiger partial charge in [0.25, 0.3) is 5.91 Å². The molecule has 1 amide bonds. The number of hydrogen-bond acceptors (Lipinski definition) is 2. The zero-order valence-corrected chi connectivity index (χ0v) is 9.89. The lowest BCUT2D eigenvalue weighted by Gasteiger charge is -2.12. The summed E-state index contributed by atoms with van der Waals surface area (Å²) in [5.41, 5.74) is 2.49. The summed E-state index contributed by atoms with van der Waals surface area (Å²) in [6.07, 6.45) is 4.06. The number of nitrogens with zero attached hydrogens (tertiary/aromatic N) is 3. The van der Waals surface area contributed by atoms with Crippen LogP contribution in [0.3, 0.4) is 0 Å². The number of rotatable bonds is 1. The second-order valence-corrected chi connectivity index (χ2v) is 4.52. The molecular weight excluding hydrogens is 214 g/mol. The molecule has 88 valence electrons. The third kappa shape index (κ3) is 1.69. The molecule has 17 heavy (non-hydrogen) atoms. The summed E-state index contributed by atoms with van der Waals surface area (Å²) in [6.45, 7) is 3.75. The molecule has 3 heterocycles. The molecule has 1 fully saturated rings. The number of fused-ring (bicyclic) bond motifs is 1. The fraction of sp³-hybridized carbons (Fsp3) is 0.385. The van der Waals surface area contributed by atoms with Gasteiger partial charge in [0.1, 0.15) is 11.3 Å². The number of amides is 1. The Morgan fingerprint density at radius 2 is 2.06 bits per heavy atom. The number of aromatic nitrogens is 2. The molecule has 1 saturated heterocycles. The standard InChI is InChI=1S/C13H15N3O/c1-10-5-4-6-12-14-11(9-16(10)12)13(17)15-7-2-3-8-15/h4-6,9H,2-3,7-8H2,1H3. The maximum Gasteiger partial charge on any atom is 0.274 e. The van der Waals surface area contributed by atoms with Crippen LogP contribution in [0.5, 0.6) is 0 Å². The summed E-state index contributed by atoms with van der Waals surface area (Å²) < 4.78 is 1.96. The van der Waals surface area contributed by atoms with E-state index in [0.29, 0.717) is 5.69 Å². The van der Waals surface area contributed by atoms with Crippen LogP contribution >= 0.6 is 0 Å². The summed E-state index contributed by atoms with van der Waals surface area (Å²) in [4.78, 5) is 18.5. The zero-order valence-electron chi connectivity index (χ0n) is 9.89. The molecule has 2 aromatic rings. The summed E-state index contributed by atoms with van der Waals surface area (Å²) in [7, 11) is 0. The Bertz CT molecular complexity index is 567. The van der Waals surface area contributed by atoms with Crippen molar-refractivity contribution in [1.29, 1.82) is 0 Å². The predicted molar refractivity (Wildman–Crippen MR) is 65.1 cm³/mol. The van der Waals surface area contributed by atoms with E-state index in [9.17, 15) is 4.79 Å². The Kier molecular flexibility index (Phi) is 2.35. The number of pyridine rings is 1. The normalized spacial score (nSPS) is 15.7. The van der Waals surface area contributed by atoms with Crippen molar-refractivity contribution in [3.63, 3.8) is 0 Å². The predicted octanol–water partition coefficient (Wildman–Crippen LogP) is 1.88. The van der Waals surface area contributed by atoms with Gasteiger partial charge in [-0.1, -0.05) is 6.07 Å². The highest BCUT2D eigenvalue weighted by atomic mass is 16.2. The highest BCUT2D eigenvalue weighted by Gasteiger charge is 2.21. The van der Waals surface area contributed by atoms with Gasteiger partial charge >= 0.3 is 0 Å². The number of carbonyl (C=O) groups excluding carboxylic acids is 1. The molecule has 0 radical (unpaired) electrons. The van der Waals surface area contributed by atoms with E-state index in [1.54, 1.807) is 0 Å². The molecule has 0 spiro atoms. The van der Waals surface area contributed by atoms with Gasteiger partial charge in [-0.25, -0.2) is 4.98 Å². The Morgan fingerprint density at radius 3 is 2.76 bits per heavy atom. The van der Waals surface area contributed by atoms with E-state index in [2.05, 4.69) is 4.98 Å². The second-order valence-electron chi connectivity index (χ2n) is 4.52. The first-order valence-electron chi connectivity index (χ1n) is 6.00. The van der Waals surface area contributed by atoms with Gasteiger partial charge in [-0.2, -0.15) is 0 Å². The molecule has 0 unspecified atom stereocenters. The number of carbonyl (C=O) groups is 1. The number of hydrogen-bond donors (Lipinski definition) is 0. The third-order valence-electron chi connectivity index (χ3n) is 3.31. The van der Waals surface area contributed by atoms with Gasteiger partial charge in [0.15, 0.2) is 0 Å². The molecule has 3 rings (SSSR count). The van der Waals surface area contributed by atoms with Crippen LogP contribution in [0.25, 0.3) is 5.65 Å². The lowest BCUT2D eigenvalue weighted by Crippen LogP contribution is -2.27. The van der Waals surface area contributed by atoms with Gasteiger partial charge in [0, 0.05) is 25.0 Å². The zero-order chi connectivity index (χ0) is 11.8. The topological polar surface area (TPSA) is 37.6 Å². The second kappa shape index (κ2) is 3.87. The van der Waals surface area contributed by atoms with Gasteiger partial charge in [-0.3, -0.25) is 4.79 Å². The van der Waals surface area contributed by atoms with Crippen molar-refractivity contribution >= 4 is 11.6 Å². The maximum absolute atomic E-state index is 12.2. The van der Waals surface area contributed by atoms with E-state index >= 15 is 0 Å². The molecule has 1 aliphatic rings. The molecule has 4 nitrogen and oxygen atoms in total. The lowest BCUT2D eigenvalue weighted by molar-refractivity contribution is 0.0787. The molecule has 0 saturated carbocycles. The van der Waals surface area contributed by atoms with E-state index in [-0.39, 0.29) is 5.91 Å². The first-order valence-corrected chi connectivity index (χ1v) is 6.00. The molecule has 0 bridgehead atoms. The van der Waals surface area contributed by atoms with Gasteiger partial charge < -0.3 is 9.30 Å². The average Bonchev–Trinajstić information content (AvgIpc) is 2.98. The summed E-state index contributed by atoms with van der Waals surface area (Å²) in [6, 6.07) is 5.90. The average molecular weight is 229 g/mol. The highest BCUT2D eigenvalue weighted by Crippen LogP contribution is 2.14. The molecule has 2 aromatic heterocycles. The van der Waals surface area contributed by atoms with Crippen molar-refractivity contribution < 1.29 is 4.79 Å². The minimum Gasteiger partial charge on any atom is -0.337 e. The van der Waals surface area contributed by atoms with E-state index in [0.717, 1.165) is 37.3 Å². The van der Waals surface area contributed by atoms with E-state index in [1.165, 1.54) is 0 Å². The largest absolute Gasteiger partial charge is 0.337 e. The quantitative estimate of drug-likeness (QED) is 0.748. The molecule has 0 aromatic carbocycles. The first kappa shape index (κ1) is 10.3. The smallest absolute Gasteiger partial charge is 0.274 e.